The van der Waals surface area contributed by atoms with Crippen molar-refractivity contribution in [2.24, 2.45) is 5.16 Å². The van der Waals surface area contributed by atoms with E-state index in [1.165, 1.54) is 32.6 Å². The first-order valence-corrected chi connectivity index (χ1v) is 6.80. The molecule has 0 spiro atoms. The molecule has 23 heavy (non-hydrogen) atoms. The fourth-order valence-electron chi connectivity index (χ4n) is 1.83. The van der Waals surface area contributed by atoms with Crippen LogP contribution in [0, 0.1) is 5.82 Å². The second-order valence-electron chi connectivity index (χ2n) is 4.59. The molecular formula is C17H16FNO4. The molecule has 0 radical (unpaired) electrons. The number of rotatable bonds is 6. The largest absolute Gasteiger partial charge is 0.494 e. The Bertz CT molecular complexity index is 698. The number of oxime groups is 1. The Morgan fingerprint density at radius 1 is 1.17 bits per heavy atom. The molecule has 0 saturated carbocycles. The van der Waals surface area contributed by atoms with Gasteiger partial charge < -0.3 is 14.3 Å². The van der Waals surface area contributed by atoms with Crippen molar-refractivity contribution in [2.45, 2.75) is 6.61 Å². The molecule has 0 unspecified atom stereocenters. The first kappa shape index (κ1) is 16.5. The van der Waals surface area contributed by atoms with E-state index in [0.29, 0.717) is 11.1 Å². The van der Waals surface area contributed by atoms with Crippen LogP contribution in [0.4, 0.5) is 4.39 Å². The molecule has 6 heteroatoms. The standard InChI is InChI=1S/C17H16FNO4/c1-21-16-8-5-13(9-15(16)18)11-23-19-10-12-3-6-14(7-4-12)17(20)22-2/h3-10H,11H2,1-2H3/b19-10+. The molecular weight excluding hydrogens is 301 g/mol. The van der Waals surface area contributed by atoms with Crippen molar-refractivity contribution in [1.29, 1.82) is 0 Å². The van der Waals surface area contributed by atoms with Crippen LogP contribution in [-0.4, -0.2) is 26.4 Å². The Morgan fingerprint density at radius 3 is 2.52 bits per heavy atom. The van der Waals surface area contributed by atoms with E-state index >= 15 is 0 Å². The number of ether oxygens (including phenoxy) is 2. The average molecular weight is 317 g/mol. The lowest BCUT2D eigenvalue weighted by Crippen LogP contribution is -2.00. The van der Waals surface area contributed by atoms with Crippen LogP contribution in [0.1, 0.15) is 21.5 Å². The van der Waals surface area contributed by atoms with Gasteiger partial charge in [0.15, 0.2) is 11.6 Å². The number of hydrogen-bond acceptors (Lipinski definition) is 5. The third-order valence-electron chi connectivity index (χ3n) is 3.06. The quantitative estimate of drug-likeness (QED) is 0.466. The predicted molar refractivity (Wildman–Crippen MR) is 83.1 cm³/mol. The highest BCUT2D eigenvalue weighted by Gasteiger charge is 2.04. The Labute approximate surface area is 133 Å². The fourth-order valence-corrected chi connectivity index (χ4v) is 1.83. The summed E-state index contributed by atoms with van der Waals surface area (Å²) < 4.78 is 23.0. The number of hydrogen-bond donors (Lipinski definition) is 0. The number of methoxy groups -OCH3 is 2. The van der Waals surface area contributed by atoms with Crippen LogP contribution in [0.5, 0.6) is 5.75 Å². The van der Waals surface area contributed by atoms with Gasteiger partial charge in [-0.15, -0.1) is 0 Å². The number of carbonyl (C=O) groups is 1. The van der Waals surface area contributed by atoms with Gasteiger partial charge in [0, 0.05) is 0 Å². The molecule has 2 aromatic rings. The zero-order chi connectivity index (χ0) is 16.7. The van der Waals surface area contributed by atoms with E-state index in [0.717, 1.165) is 5.56 Å². The van der Waals surface area contributed by atoms with Crippen LogP contribution in [0.15, 0.2) is 47.6 Å². The third kappa shape index (κ3) is 4.54. The summed E-state index contributed by atoms with van der Waals surface area (Å²) in [6, 6.07) is 11.3. The maximum absolute atomic E-state index is 13.5. The van der Waals surface area contributed by atoms with Crippen molar-refractivity contribution in [3.05, 3.63) is 65.0 Å². The molecule has 120 valence electrons. The van der Waals surface area contributed by atoms with Crippen LogP contribution in [0.2, 0.25) is 0 Å². The van der Waals surface area contributed by atoms with Gasteiger partial charge in [-0.1, -0.05) is 23.4 Å². The van der Waals surface area contributed by atoms with Gasteiger partial charge in [-0.2, -0.15) is 0 Å². The van der Waals surface area contributed by atoms with Crippen molar-refractivity contribution < 1.29 is 23.5 Å². The summed E-state index contributed by atoms with van der Waals surface area (Å²) >= 11 is 0. The number of carbonyl (C=O) groups excluding carboxylic acids is 1. The Hall–Kier alpha value is -2.89. The first-order chi connectivity index (χ1) is 11.1. The van der Waals surface area contributed by atoms with Crippen molar-refractivity contribution in [2.75, 3.05) is 14.2 Å². The van der Waals surface area contributed by atoms with Gasteiger partial charge in [-0.25, -0.2) is 9.18 Å². The topological polar surface area (TPSA) is 57.1 Å². The van der Waals surface area contributed by atoms with Crippen molar-refractivity contribution in [1.82, 2.24) is 0 Å². The summed E-state index contributed by atoms with van der Waals surface area (Å²) in [5.41, 5.74) is 1.86. The average Bonchev–Trinajstić information content (AvgIpc) is 2.58. The molecule has 0 aromatic heterocycles. The van der Waals surface area contributed by atoms with Crippen LogP contribution >= 0.6 is 0 Å². The van der Waals surface area contributed by atoms with E-state index in [-0.39, 0.29) is 12.4 Å². The number of benzene rings is 2. The van der Waals surface area contributed by atoms with E-state index < -0.39 is 11.8 Å². The number of nitrogens with zero attached hydrogens (tertiary/aromatic N) is 1. The van der Waals surface area contributed by atoms with E-state index in [1.807, 2.05) is 0 Å². The van der Waals surface area contributed by atoms with Crippen molar-refractivity contribution >= 4 is 12.2 Å². The minimum Gasteiger partial charge on any atom is -0.494 e. The van der Waals surface area contributed by atoms with Gasteiger partial charge in [0.1, 0.15) is 6.61 Å². The summed E-state index contributed by atoms with van der Waals surface area (Å²) in [7, 11) is 2.73. The number of halogens is 1. The first-order valence-electron chi connectivity index (χ1n) is 6.80. The molecule has 0 atom stereocenters. The van der Waals surface area contributed by atoms with Gasteiger partial charge >= 0.3 is 5.97 Å². The maximum Gasteiger partial charge on any atom is 0.337 e. The Balaban J connectivity index is 1.89. The molecule has 0 aliphatic carbocycles. The van der Waals surface area contributed by atoms with Gasteiger partial charge in [-0.05, 0) is 35.4 Å². The summed E-state index contributed by atoms with van der Waals surface area (Å²) in [5.74, 6) is -0.662. The van der Waals surface area contributed by atoms with E-state index in [4.69, 9.17) is 9.57 Å². The van der Waals surface area contributed by atoms with Crippen LogP contribution in [0.3, 0.4) is 0 Å². The Kier molecular flexibility index (Phi) is 5.68. The van der Waals surface area contributed by atoms with E-state index in [2.05, 4.69) is 9.89 Å². The van der Waals surface area contributed by atoms with E-state index in [1.54, 1.807) is 30.3 Å². The van der Waals surface area contributed by atoms with Gasteiger partial charge in [-0.3, -0.25) is 0 Å². The summed E-state index contributed by atoms with van der Waals surface area (Å²) in [4.78, 5) is 16.4. The molecule has 0 heterocycles. The smallest absolute Gasteiger partial charge is 0.337 e. The molecule has 2 aromatic carbocycles. The summed E-state index contributed by atoms with van der Waals surface area (Å²) in [5, 5.41) is 3.81. The van der Waals surface area contributed by atoms with E-state index in [9.17, 15) is 9.18 Å². The molecule has 0 aliphatic heterocycles. The predicted octanol–water partition coefficient (Wildman–Crippen LogP) is 3.17. The molecule has 0 bridgehead atoms. The molecule has 0 saturated heterocycles. The maximum atomic E-state index is 13.5. The monoisotopic (exact) mass is 317 g/mol. The number of esters is 1. The van der Waals surface area contributed by atoms with Crippen molar-refractivity contribution in [3.8, 4) is 5.75 Å². The molecule has 5 nitrogen and oxygen atoms in total. The second kappa shape index (κ2) is 7.93. The van der Waals surface area contributed by atoms with Gasteiger partial charge in [0.2, 0.25) is 0 Å². The fraction of sp³-hybridized carbons (Fsp3) is 0.176. The summed E-state index contributed by atoms with van der Waals surface area (Å²) in [6.07, 6.45) is 1.50. The van der Waals surface area contributed by atoms with Crippen molar-refractivity contribution in [3.63, 3.8) is 0 Å². The minimum absolute atomic E-state index is 0.137. The highest BCUT2D eigenvalue weighted by atomic mass is 19.1. The molecule has 0 fully saturated rings. The minimum atomic E-state index is -0.448. The van der Waals surface area contributed by atoms with Gasteiger partial charge in [0.05, 0.1) is 26.0 Å². The molecule has 0 amide bonds. The summed E-state index contributed by atoms with van der Waals surface area (Å²) in [6.45, 7) is 0.137. The Morgan fingerprint density at radius 2 is 1.91 bits per heavy atom. The molecule has 0 N–H and O–H groups in total. The second-order valence-corrected chi connectivity index (χ2v) is 4.59. The highest BCUT2D eigenvalue weighted by molar-refractivity contribution is 5.90. The highest BCUT2D eigenvalue weighted by Crippen LogP contribution is 2.18. The lowest BCUT2D eigenvalue weighted by molar-refractivity contribution is 0.0600. The molecule has 0 aliphatic rings. The zero-order valence-corrected chi connectivity index (χ0v) is 12.8. The van der Waals surface area contributed by atoms with Crippen LogP contribution in [0.25, 0.3) is 0 Å². The van der Waals surface area contributed by atoms with Crippen LogP contribution in [-0.2, 0) is 16.2 Å². The third-order valence-corrected chi connectivity index (χ3v) is 3.06. The zero-order valence-electron chi connectivity index (χ0n) is 12.8. The lowest BCUT2D eigenvalue weighted by atomic mass is 10.1. The van der Waals surface area contributed by atoms with Gasteiger partial charge in [0.25, 0.3) is 0 Å². The van der Waals surface area contributed by atoms with Crippen LogP contribution < -0.4 is 4.74 Å². The SMILES string of the molecule is COC(=O)c1ccc(/C=N/OCc2ccc(OC)c(F)c2)cc1. The normalized spacial score (nSPS) is 10.6. The lowest BCUT2D eigenvalue weighted by Gasteiger charge is -2.04. The molecule has 2 rings (SSSR count).